The first-order chi connectivity index (χ1) is 7.57. The summed E-state index contributed by atoms with van der Waals surface area (Å²) in [4.78, 5) is 16.0. The summed E-state index contributed by atoms with van der Waals surface area (Å²) in [7, 11) is 1.80. The van der Waals surface area contributed by atoms with Gasteiger partial charge in [0.1, 0.15) is 0 Å². The molecule has 0 saturated heterocycles. The Bertz CT molecular complexity index is 396. The van der Waals surface area contributed by atoms with Gasteiger partial charge in [0.2, 0.25) is 0 Å². The molecule has 1 atom stereocenters. The second-order valence-corrected chi connectivity index (χ2v) is 4.71. The highest BCUT2D eigenvalue weighted by Crippen LogP contribution is 2.39. The van der Waals surface area contributed by atoms with Crippen LogP contribution < -0.4 is 11.1 Å². The molecule has 1 fully saturated rings. The molecule has 1 unspecified atom stereocenters. The van der Waals surface area contributed by atoms with Crippen molar-refractivity contribution in [3.05, 3.63) is 18.2 Å². The standard InChI is InChI=1S/C11H18N4O/c1-11(7-12,8-3-4-8)14-10(16)9-13-5-6-15(9)2/h5-6,8H,3-4,7,12H2,1-2H3,(H,14,16). The lowest BCUT2D eigenvalue weighted by molar-refractivity contribution is 0.0884. The summed E-state index contributed by atoms with van der Waals surface area (Å²) in [6.45, 7) is 2.47. The van der Waals surface area contributed by atoms with Crippen LogP contribution >= 0.6 is 0 Å². The fourth-order valence-electron chi connectivity index (χ4n) is 1.94. The number of hydrogen-bond donors (Lipinski definition) is 2. The molecular formula is C11H18N4O. The molecule has 3 N–H and O–H groups in total. The van der Waals surface area contributed by atoms with Crippen LogP contribution in [0.5, 0.6) is 0 Å². The first-order valence-corrected chi connectivity index (χ1v) is 5.57. The van der Waals surface area contributed by atoms with Crippen LogP contribution in [0.4, 0.5) is 0 Å². The van der Waals surface area contributed by atoms with Crippen LogP contribution in [0.2, 0.25) is 0 Å². The zero-order valence-corrected chi connectivity index (χ0v) is 9.73. The highest BCUT2D eigenvalue weighted by Gasteiger charge is 2.42. The largest absolute Gasteiger partial charge is 0.343 e. The van der Waals surface area contributed by atoms with Crippen molar-refractivity contribution in [3.63, 3.8) is 0 Å². The quantitative estimate of drug-likeness (QED) is 0.768. The minimum absolute atomic E-state index is 0.146. The fraction of sp³-hybridized carbons (Fsp3) is 0.636. The van der Waals surface area contributed by atoms with Crippen molar-refractivity contribution in [3.8, 4) is 0 Å². The van der Waals surface area contributed by atoms with Crippen molar-refractivity contribution < 1.29 is 4.79 Å². The molecule has 1 amide bonds. The Labute approximate surface area is 95.0 Å². The van der Waals surface area contributed by atoms with Crippen LogP contribution in [-0.4, -0.2) is 27.5 Å². The van der Waals surface area contributed by atoms with E-state index in [2.05, 4.69) is 10.3 Å². The summed E-state index contributed by atoms with van der Waals surface area (Å²) in [5.41, 5.74) is 5.46. The average molecular weight is 222 g/mol. The van der Waals surface area contributed by atoms with Crippen molar-refractivity contribution >= 4 is 5.91 Å². The van der Waals surface area contributed by atoms with Crippen LogP contribution in [0.1, 0.15) is 30.4 Å². The lowest BCUT2D eigenvalue weighted by Gasteiger charge is -2.29. The number of carbonyl (C=O) groups excluding carboxylic acids is 1. The van der Waals surface area contributed by atoms with Crippen molar-refractivity contribution in [1.29, 1.82) is 0 Å². The monoisotopic (exact) mass is 222 g/mol. The molecule has 88 valence electrons. The maximum atomic E-state index is 12.0. The topological polar surface area (TPSA) is 72.9 Å². The van der Waals surface area contributed by atoms with Gasteiger partial charge >= 0.3 is 0 Å². The van der Waals surface area contributed by atoms with Gasteiger partial charge in [0.25, 0.3) is 5.91 Å². The molecule has 0 radical (unpaired) electrons. The molecule has 5 nitrogen and oxygen atoms in total. The molecule has 1 aliphatic rings. The Morgan fingerprint density at radius 1 is 1.75 bits per heavy atom. The number of rotatable bonds is 4. The van der Waals surface area contributed by atoms with Gasteiger partial charge in [0.15, 0.2) is 5.82 Å². The van der Waals surface area contributed by atoms with E-state index in [1.165, 1.54) is 0 Å². The Morgan fingerprint density at radius 3 is 2.88 bits per heavy atom. The minimum atomic E-state index is -0.289. The van der Waals surface area contributed by atoms with E-state index < -0.39 is 0 Å². The third kappa shape index (κ3) is 1.95. The van der Waals surface area contributed by atoms with Crippen molar-refractivity contribution in [2.75, 3.05) is 6.54 Å². The second-order valence-electron chi connectivity index (χ2n) is 4.71. The predicted molar refractivity (Wildman–Crippen MR) is 60.9 cm³/mol. The van der Waals surface area contributed by atoms with Gasteiger partial charge in [-0.25, -0.2) is 4.98 Å². The number of nitrogens with two attached hydrogens (primary N) is 1. The van der Waals surface area contributed by atoms with E-state index in [-0.39, 0.29) is 11.4 Å². The maximum Gasteiger partial charge on any atom is 0.287 e. The van der Waals surface area contributed by atoms with Gasteiger partial charge in [-0.2, -0.15) is 0 Å². The fourth-order valence-corrected chi connectivity index (χ4v) is 1.94. The Morgan fingerprint density at radius 2 is 2.44 bits per heavy atom. The molecule has 1 aromatic rings. The summed E-state index contributed by atoms with van der Waals surface area (Å²) in [5, 5.41) is 3.00. The normalized spacial score (nSPS) is 19.2. The van der Waals surface area contributed by atoms with Crippen molar-refractivity contribution in [1.82, 2.24) is 14.9 Å². The lowest BCUT2D eigenvalue weighted by Crippen LogP contribution is -2.53. The van der Waals surface area contributed by atoms with E-state index in [0.29, 0.717) is 18.3 Å². The third-order valence-electron chi connectivity index (χ3n) is 3.33. The number of imidazole rings is 1. The number of aromatic nitrogens is 2. The number of hydrogen-bond acceptors (Lipinski definition) is 3. The molecule has 5 heteroatoms. The molecule has 0 spiro atoms. The number of amides is 1. The Kier molecular flexibility index (Phi) is 2.71. The SMILES string of the molecule is Cn1ccnc1C(=O)NC(C)(CN)C1CC1. The van der Waals surface area contributed by atoms with Crippen molar-refractivity contribution in [2.45, 2.75) is 25.3 Å². The summed E-state index contributed by atoms with van der Waals surface area (Å²) in [6, 6.07) is 0. The maximum absolute atomic E-state index is 12.0. The molecule has 16 heavy (non-hydrogen) atoms. The van der Waals surface area contributed by atoms with E-state index in [4.69, 9.17) is 5.73 Å². The van der Waals surface area contributed by atoms with Crippen LogP contribution in [0.15, 0.2) is 12.4 Å². The van der Waals surface area contributed by atoms with Gasteiger partial charge in [-0.15, -0.1) is 0 Å². The molecule has 2 rings (SSSR count). The van der Waals surface area contributed by atoms with E-state index in [1.54, 1.807) is 24.0 Å². The average Bonchev–Trinajstić information content (AvgIpc) is 3.02. The summed E-state index contributed by atoms with van der Waals surface area (Å²) in [6.07, 6.45) is 5.67. The van der Waals surface area contributed by atoms with E-state index in [1.807, 2.05) is 6.92 Å². The molecule has 0 aromatic carbocycles. The zero-order chi connectivity index (χ0) is 11.8. The molecule has 1 aliphatic carbocycles. The highest BCUT2D eigenvalue weighted by atomic mass is 16.2. The van der Waals surface area contributed by atoms with Gasteiger partial charge in [-0.05, 0) is 25.7 Å². The van der Waals surface area contributed by atoms with Crippen LogP contribution in [0.3, 0.4) is 0 Å². The van der Waals surface area contributed by atoms with Gasteiger partial charge in [-0.1, -0.05) is 0 Å². The lowest BCUT2D eigenvalue weighted by atomic mass is 9.96. The summed E-state index contributed by atoms with van der Waals surface area (Å²) >= 11 is 0. The van der Waals surface area contributed by atoms with Crippen LogP contribution in [0, 0.1) is 5.92 Å². The second kappa shape index (κ2) is 3.90. The van der Waals surface area contributed by atoms with E-state index >= 15 is 0 Å². The van der Waals surface area contributed by atoms with Gasteiger partial charge < -0.3 is 15.6 Å². The smallest absolute Gasteiger partial charge is 0.287 e. The Balaban J connectivity index is 2.09. The highest BCUT2D eigenvalue weighted by molar-refractivity contribution is 5.91. The molecule has 1 heterocycles. The molecular weight excluding hydrogens is 204 g/mol. The molecule has 0 bridgehead atoms. The zero-order valence-electron chi connectivity index (χ0n) is 9.73. The van der Waals surface area contributed by atoms with Gasteiger partial charge in [0.05, 0.1) is 5.54 Å². The molecule has 1 aromatic heterocycles. The minimum Gasteiger partial charge on any atom is -0.343 e. The summed E-state index contributed by atoms with van der Waals surface area (Å²) < 4.78 is 1.71. The Hall–Kier alpha value is -1.36. The predicted octanol–water partition coefficient (Wildman–Crippen LogP) is 0.277. The molecule has 1 saturated carbocycles. The van der Waals surface area contributed by atoms with Gasteiger partial charge in [-0.3, -0.25) is 4.79 Å². The van der Waals surface area contributed by atoms with E-state index in [9.17, 15) is 4.79 Å². The summed E-state index contributed by atoms with van der Waals surface area (Å²) in [5.74, 6) is 0.800. The van der Waals surface area contributed by atoms with Crippen LogP contribution in [-0.2, 0) is 7.05 Å². The number of aryl methyl sites for hydroxylation is 1. The first kappa shape index (κ1) is 11.1. The number of carbonyl (C=O) groups is 1. The number of nitrogens with one attached hydrogen (secondary N) is 1. The third-order valence-corrected chi connectivity index (χ3v) is 3.33. The van der Waals surface area contributed by atoms with Crippen LogP contribution in [0.25, 0.3) is 0 Å². The van der Waals surface area contributed by atoms with Crippen molar-refractivity contribution in [2.24, 2.45) is 18.7 Å². The van der Waals surface area contributed by atoms with Gasteiger partial charge in [0, 0.05) is 26.0 Å². The van der Waals surface area contributed by atoms with E-state index in [0.717, 1.165) is 12.8 Å². The number of nitrogens with zero attached hydrogens (tertiary/aromatic N) is 2. The first-order valence-electron chi connectivity index (χ1n) is 5.57. The molecule has 0 aliphatic heterocycles.